The van der Waals surface area contributed by atoms with Gasteiger partial charge >= 0.3 is 0 Å². The second kappa shape index (κ2) is 6.67. The zero-order chi connectivity index (χ0) is 13.0. The summed E-state index contributed by atoms with van der Waals surface area (Å²) in [5, 5.41) is 0. The summed E-state index contributed by atoms with van der Waals surface area (Å²) in [6, 6.07) is 0.569. The molecular weight excluding hydrogens is 224 g/mol. The van der Waals surface area contributed by atoms with E-state index in [1.54, 1.807) is 0 Å². The van der Waals surface area contributed by atoms with Gasteiger partial charge in [0, 0.05) is 18.4 Å². The Morgan fingerprint density at radius 1 is 1.22 bits per heavy atom. The van der Waals surface area contributed by atoms with Crippen molar-refractivity contribution in [3.05, 3.63) is 0 Å². The van der Waals surface area contributed by atoms with E-state index in [0.29, 0.717) is 17.7 Å². The molecule has 2 fully saturated rings. The van der Waals surface area contributed by atoms with Crippen LogP contribution in [0.15, 0.2) is 0 Å². The molecule has 0 amide bonds. The van der Waals surface area contributed by atoms with Gasteiger partial charge in [0.05, 0.1) is 0 Å². The minimum atomic E-state index is 0.362. The average Bonchev–Trinajstić information content (AvgIpc) is 2.77. The fourth-order valence-electron chi connectivity index (χ4n) is 3.59. The van der Waals surface area contributed by atoms with Crippen molar-refractivity contribution in [2.24, 2.45) is 5.92 Å². The number of carbonyl (C=O) groups excluding carboxylic acids is 1. The molecule has 2 rings (SSSR count). The van der Waals surface area contributed by atoms with Gasteiger partial charge in [-0.3, -0.25) is 9.69 Å². The van der Waals surface area contributed by atoms with Gasteiger partial charge in [-0.2, -0.15) is 0 Å². The van der Waals surface area contributed by atoms with Crippen molar-refractivity contribution >= 4 is 5.78 Å². The first-order valence-corrected chi connectivity index (χ1v) is 7.60. The van der Waals surface area contributed by atoms with Crippen molar-refractivity contribution in [1.82, 2.24) is 9.80 Å². The minimum Gasteiger partial charge on any atom is -0.309 e. The molecule has 0 aromatic heterocycles. The van der Waals surface area contributed by atoms with Crippen molar-refractivity contribution in [3.8, 4) is 0 Å². The third-order valence-electron chi connectivity index (χ3n) is 4.53. The van der Waals surface area contributed by atoms with Crippen LogP contribution >= 0.6 is 0 Å². The summed E-state index contributed by atoms with van der Waals surface area (Å²) in [5.74, 6) is 0.909. The third-order valence-corrected chi connectivity index (χ3v) is 4.53. The quantitative estimate of drug-likeness (QED) is 0.749. The highest BCUT2D eigenvalue weighted by Gasteiger charge is 2.36. The van der Waals surface area contributed by atoms with Crippen LogP contribution < -0.4 is 0 Å². The lowest BCUT2D eigenvalue weighted by atomic mass is 9.82. The largest absolute Gasteiger partial charge is 0.309 e. The van der Waals surface area contributed by atoms with Crippen LogP contribution in [0.5, 0.6) is 0 Å². The molecule has 0 N–H and O–H groups in total. The van der Waals surface area contributed by atoms with E-state index < -0.39 is 0 Å². The highest BCUT2D eigenvalue weighted by molar-refractivity contribution is 5.82. The molecule has 0 aromatic rings. The van der Waals surface area contributed by atoms with Crippen LogP contribution in [0, 0.1) is 5.92 Å². The molecular formula is C15H28N2O. The molecule has 0 bridgehead atoms. The van der Waals surface area contributed by atoms with Crippen molar-refractivity contribution < 1.29 is 4.79 Å². The van der Waals surface area contributed by atoms with Gasteiger partial charge in [-0.05, 0) is 65.8 Å². The lowest BCUT2D eigenvalue weighted by Crippen LogP contribution is -2.41. The Balaban J connectivity index is 1.84. The number of nitrogens with zero attached hydrogens (tertiary/aromatic N) is 2. The number of hydrogen-bond acceptors (Lipinski definition) is 3. The van der Waals surface area contributed by atoms with Crippen molar-refractivity contribution in [2.75, 3.05) is 33.7 Å². The monoisotopic (exact) mass is 252 g/mol. The van der Waals surface area contributed by atoms with Crippen molar-refractivity contribution in [1.29, 1.82) is 0 Å². The highest BCUT2D eigenvalue weighted by atomic mass is 16.1. The Morgan fingerprint density at radius 2 is 2.06 bits per heavy atom. The van der Waals surface area contributed by atoms with Gasteiger partial charge in [-0.15, -0.1) is 0 Å². The molecule has 3 heteroatoms. The van der Waals surface area contributed by atoms with E-state index in [1.165, 1.54) is 38.8 Å². The zero-order valence-electron chi connectivity index (χ0n) is 12.0. The lowest BCUT2D eigenvalue weighted by molar-refractivity contribution is -0.126. The second-order valence-corrected chi connectivity index (χ2v) is 6.22. The van der Waals surface area contributed by atoms with Gasteiger partial charge < -0.3 is 4.90 Å². The fraction of sp³-hybridized carbons (Fsp3) is 0.933. The lowest BCUT2D eigenvalue weighted by Gasteiger charge is -2.33. The molecule has 1 heterocycles. The molecule has 0 spiro atoms. The molecule has 1 aliphatic carbocycles. The van der Waals surface area contributed by atoms with Crippen LogP contribution in [0.2, 0.25) is 0 Å². The zero-order valence-corrected chi connectivity index (χ0v) is 12.0. The van der Waals surface area contributed by atoms with Gasteiger partial charge in [0.25, 0.3) is 0 Å². The first kappa shape index (κ1) is 14.0. The van der Waals surface area contributed by atoms with E-state index in [4.69, 9.17) is 0 Å². The maximum atomic E-state index is 12.1. The maximum Gasteiger partial charge on any atom is 0.137 e. The van der Waals surface area contributed by atoms with Crippen LogP contribution in [0.1, 0.15) is 44.9 Å². The number of Topliss-reactive ketones (excluding diaryl/α,β-unsaturated/α-hetero) is 1. The number of rotatable bonds is 5. The van der Waals surface area contributed by atoms with E-state index >= 15 is 0 Å². The number of likely N-dealkylation sites (tertiary alicyclic amines) is 1. The van der Waals surface area contributed by atoms with Crippen LogP contribution in [0.3, 0.4) is 0 Å². The van der Waals surface area contributed by atoms with Gasteiger partial charge in [0.2, 0.25) is 0 Å². The molecule has 1 aliphatic heterocycles. The molecule has 2 unspecified atom stereocenters. The standard InChI is InChI=1S/C15H28N2O/c1-16(2)10-6-12-17-11-5-8-14(17)13-7-3-4-9-15(13)18/h13-14H,3-12H2,1-2H3. The fourth-order valence-corrected chi connectivity index (χ4v) is 3.59. The summed E-state index contributed by atoms with van der Waals surface area (Å²) in [4.78, 5) is 16.9. The summed E-state index contributed by atoms with van der Waals surface area (Å²) in [6.45, 7) is 3.54. The first-order chi connectivity index (χ1) is 8.68. The summed E-state index contributed by atoms with van der Waals surface area (Å²) in [5.41, 5.74) is 0. The molecule has 3 nitrogen and oxygen atoms in total. The molecule has 1 saturated heterocycles. The SMILES string of the molecule is CN(C)CCCN1CCCC1C1CCCCC1=O. The normalized spacial score (nSPS) is 30.3. The van der Waals surface area contributed by atoms with E-state index in [-0.39, 0.29) is 0 Å². The molecule has 0 radical (unpaired) electrons. The van der Waals surface area contributed by atoms with Gasteiger partial charge in [0.15, 0.2) is 0 Å². The van der Waals surface area contributed by atoms with Gasteiger partial charge in [-0.25, -0.2) is 0 Å². The van der Waals surface area contributed by atoms with Crippen molar-refractivity contribution in [2.45, 2.75) is 51.0 Å². The highest BCUT2D eigenvalue weighted by Crippen LogP contribution is 2.32. The summed E-state index contributed by atoms with van der Waals surface area (Å²) in [6.07, 6.45) is 8.14. The summed E-state index contributed by atoms with van der Waals surface area (Å²) in [7, 11) is 4.26. The Hall–Kier alpha value is -0.410. The minimum absolute atomic E-state index is 0.362. The first-order valence-electron chi connectivity index (χ1n) is 7.60. The van der Waals surface area contributed by atoms with Crippen molar-refractivity contribution in [3.63, 3.8) is 0 Å². The number of carbonyl (C=O) groups is 1. The van der Waals surface area contributed by atoms with Gasteiger partial charge in [0.1, 0.15) is 5.78 Å². The van der Waals surface area contributed by atoms with Crippen LogP contribution in [-0.2, 0) is 4.79 Å². The molecule has 1 saturated carbocycles. The third kappa shape index (κ3) is 3.55. The van der Waals surface area contributed by atoms with E-state index in [2.05, 4.69) is 23.9 Å². The predicted octanol–water partition coefficient (Wildman–Crippen LogP) is 2.16. The number of ketones is 1. The van der Waals surface area contributed by atoms with Crippen LogP contribution in [0.4, 0.5) is 0 Å². The second-order valence-electron chi connectivity index (χ2n) is 6.22. The number of hydrogen-bond donors (Lipinski definition) is 0. The van der Waals surface area contributed by atoms with Gasteiger partial charge in [-0.1, -0.05) is 6.42 Å². The molecule has 104 valence electrons. The van der Waals surface area contributed by atoms with E-state index in [0.717, 1.165) is 25.8 Å². The van der Waals surface area contributed by atoms with Crippen LogP contribution in [-0.4, -0.2) is 55.4 Å². The Bertz CT molecular complexity index is 278. The van der Waals surface area contributed by atoms with E-state index in [9.17, 15) is 4.79 Å². The molecule has 18 heavy (non-hydrogen) atoms. The van der Waals surface area contributed by atoms with Crippen LogP contribution in [0.25, 0.3) is 0 Å². The average molecular weight is 252 g/mol. The Morgan fingerprint density at radius 3 is 2.78 bits per heavy atom. The smallest absolute Gasteiger partial charge is 0.137 e. The maximum absolute atomic E-state index is 12.1. The molecule has 2 atom stereocenters. The predicted molar refractivity (Wildman–Crippen MR) is 74.7 cm³/mol. The molecule has 0 aromatic carbocycles. The summed E-state index contributed by atoms with van der Waals surface area (Å²) < 4.78 is 0. The Kier molecular flexibility index (Phi) is 5.19. The topological polar surface area (TPSA) is 23.6 Å². The Labute approximate surface area is 112 Å². The van der Waals surface area contributed by atoms with E-state index in [1.807, 2.05) is 0 Å². The summed E-state index contributed by atoms with van der Waals surface area (Å²) >= 11 is 0. The molecule has 2 aliphatic rings.